The number of anilines is 1. The van der Waals surface area contributed by atoms with Crippen LogP contribution in [-0.4, -0.2) is 33.9 Å². The van der Waals surface area contributed by atoms with E-state index in [-0.39, 0.29) is 30.6 Å². The summed E-state index contributed by atoms with van der Waals surface area (Å²) in [5.41, 5.74) is 3.98. The molecule has 2 heterocycles. The van der Waals surface area contributed by atoms with Gasteiger partial charge in [-0.25, -0.2) is 9.07 Å². The van der Waals surface area contributed by atoms with Crippen molar-refractivity contribution in [2.75, 3.05) is 17.2 Å². The standard InChI is InChI=1S/C27H23FN4O2S/c28-21-12-10-19(11-13-21)27-20(17-32(30-27)22-6-2-1-3-7-22)16-29-25(33)14-15-31-23-8-4-5-9-24(23)35-18-26(31)34/h1-13,17H,14-16,18H2,(H,29,33). The van der Waals surface area contributed by atoms with E-state index in [4.69, 9.17) is 5.10 Å². The largest absolute Gasteiger partial charge is 0.352 e. The van der Waals surface area contributed by atoms with E-state index in [1.54, 1.807) is 21.7 Å². The number of hydrogen-bond donors (Lipinski definition) is 1. The number of nitrogens with zero attached hydrogens (tertiary/aromatic N) is 3. The van der Waals surface area contributed by atoms with E-state index in [2.05, 4.69) is 5.32 Å². The van der Waals surface area contributed by atoms with E-state index in [0.29, 0.717) is 18.0 Å². The smallest absolute Gasteiger partial charge is 0.237 e. The summed E-state index contributed by atoms with van der Waals surface area (Å²) in [4.78, 5) is 27.9. The topological polar surface area (TPSA) is 67.2 Å². The normalized spacial score (nSPS) is 12.9. The van der Waals surface area contributed by atoms with Gasteiger partial charge in [0.25, 0.3) is 0 Å². The summed E-state index contributed by atoms with van der Waals surface area (Å²) in [6, 6.07) is 23.5. The summed E-state index contributed by atoms with van der Waals surface area (Å²) in [6.45, 7) is 0.578. The molecular weight excluding hydrogens is 463 g/mol. The van der Waals surface area contributed by atoms with Crippen molar-refractivity contribution in [2.24, 2.45) is 0 Å². The lowest BCUT2D eigenvalue weighted by molar-refractivity contribution is -0.121. The summed E-state index contributed by atoms with van der Waals surface area (Å²) >= 11 is 1.52. The second kappa shape index (κ2) is 10.1. The number of benzene rings is 3. The maximum Gasteiger partial charge on any atom is 0.237 e. The number of aromatic nitrogens is 2. The average molecular weight is 487 g/mol. The number of thioether (sulfide) groups is 1. The van der Waals surface area contributed by atoms with Crippen LogP contribution in [0.2, 0.25) is 0 Å². The molecule has 1 aliphatic rings. The third-order valence-corrected chi connectivity index (χ3v) is 6.82. The minimum absolute atomic E-state index is 0.00392. The number of para-hydroxylation sites is 2. The van der Waals surface area contributed by atoms with Gasteiger partial charge < -0.3 is 10.2 Å². The molecule has 1 aromatic heterocycles. The molecule has 3 aromatic carbocycles. The molecule has 0 fully saturated rings. The molecule has 0 bridgehead atoms. The fourth-order valence-electron chi connectivity index (χ4n) is 4.00. The first-order valence-corrected chi connectivity index (χ1v) is 12.3. The second-order valence-corrected chi connectivity index (χ2v) is 9.14. The molecule has 0 radical (unpaired) electrons. The summed E-state index contributed by atoms with van der Waals surface area (Å²) < 4.78 is 15.2. The van der Waals surface area contributed by atoms with Gasteiger partial charge in [-0.15, -0.1) is 11.8 Å². The Kier molecular flexibility index (Phi) is 6.63. The molecule has 0 saturated heterocycles. The molecule has 0 atom stereocenters. The number of fused-ring (bicyclic) bond motifs is 1. The Bertz CT molecular complexity index is 1360. The monoisotopic (exact) mass is 486 g/mol. The zero-order chi connectivity index (χ0) is 24.2. The van der Waals surface area contributed by atoms with E-state index in [0.717, 1.165) is 27.4 Å². The second-order valence-electron chi connectivity index (χ2n) is 8.12. The van der Waals surface area contributed by atoms with Crippen LogP contribution in [0.1, 0.15) is 12.0 Å². The van der Waals surface area contributed by atoms with Crippen molar-refractivity contribution in [1.82, 2.24) is 15.1 Å². The average Bonchev–Trinajstić information content (AvgIpc) is 3.32. The highest BCUT2D eigenvalue weighted by Gasteiger charge is 2.24. The number of carbonyl (C=O) groups excluding carboxylic acids is 2. The minimum Gasteiger partial charge on any atom is -0.352 e. The fourth-order valence-corrected chi connectivity index (χ4v) is 4.93. The van der Waals surface area contributed by atoms with Gasteiger partial charge in [0.05, 0.1) is 22.8 Å². The Morgan fingerprint density at radius 2 is 1.74 bits per heavy atom. The van der Waals surface area contributed by atoms with Crippen LogP contribution in [0.15, 0.2) is 90.0 Å². The number of nitrogens with one attached hydrogen (secondary N) is 1. The number of hydrogen-bond acceptors (Lipinski definition) is 4. The Morgan fingerprint density at radius 1 is 1.00 bits per heavy atom. The molecule has 176 valence electrons. The number of carbonyl (C=O) groups is 2. The SMILES string of the molecule is O=C(CCN1C(=O)CSc2ccccc21)NCc1cn(-c2ccccc2)nc1-c1ccc(F)cc1. The van der Waals surface area contributed by atoms with Gasteiger partial charge in [-0.3, -0.25) is 9.59 Å². The van der Waals surface area contributed by atoms with Crippen molar-refractivity contribution in [3.05, 3.63) is 96.4 Å². The molecule has 0 aliphatic carbocycles. The van der Waals surface area contributed by atoms with E-state index in [1.165, 1.54) is 23.9 Å². The first kappa shape index (κ1) is 22.9. The summed E-state index contributed by atoms with van der Waals surface area (Å²) in [5.74, 6) is -0.105. The van der Waals surface area contributed by atoms with Gasteiger partial charge in [0.1, 0.15) is 5.82 Å². The lowest BCUT2D eigenvalue weighted by Gasteiger charge is -2.28. The van der Waals surface area contributed by atoms with Crippen LogP contribution in [0.25, 0.3) is 16.9 Å². The molecule has 5 rings (SSSR count). The lowest BCUT2D eigenvalue weighted by Crippen LogP contribution is -2.38. The molecule has 1 N–H and O–H groups in total. The first-order valence-electron chi connectivity index (χ1n) is 11.3. The van der Waals surface area contributed by atoms with Gasteiger partial charge in [-0.2, -0.15) is 5.10 Å². The Labute approximate surface area is 206 Å². The Morgan fingerprint density at radius 3 is 2.54 bits per heavy atom. The molecule has 0 saturated carbocycles. The molecule has 4 aromatic rings. The van der Waals surface area contributed by atoms with Gasteiger partial charge in [0.2, 0.25) is 11.8 Å². The Balaban J connectivity index is 1.30. The quantitative estimate of drug-likeness (QED) is 0.407. The zero-order valence-electron chi connectivity index (χ0n) is 18.9. The fraction of sp³-hybridized carbons (Fsp3) is 0.148. The van der Waals surface area contributed by atoms with Crippen LogP contribution >= 0.6 is 11.8 Å². The van der Waals surface area contributed by atoms with E-state index >= 15 is 0 Å². The number of rotatable bonds is 7. The molecule has 2 amide bonds. The zero-order valence-corrected chi connectivity index (χ0v) is 19.7. The van der Waals surface area contributed by atoms with Crippen molar-refractivity contribution in [3.63, 3.8) is 0 Å². The van der Waals surface area contributed by atoms with E-state index < -0.39 is 0 Å². The minimum atomic E-state index is -0.321. The van der Waals surface area contributed by atoms with Crippen molar-refractivity contribution in [2.45, 2.75) is 17.9 Å². The molecule has 0 spiro atoms. The number of halogens is 1. The molecule has 0 unspecified atom stereocenters. The molecule has 1 aliphatic heterocycles. The van der Waals surface area contributed by atoms with E-state index in [9.17, 15) is 14.0 Å². The van der Waals surface area contributed by atoms with Crippen LogP contribution in [0.5, 0.6) is 0 Å². The van der Waals surface area contributed by atoms with Gasteiger partial charge >= 0.3 is 0 Å². The maximum absolute atomic E-state index is 13.5. The van der Waals surface area contributed by atoms with Crippen LogP contribution < -0.4 is 10.2 Å². The molecule has 6 nitrogen and oxygen atoms in total. The summed E-state index contributed by atoms with van der Waals surface area (Å²) in [7, 11) is 0. The predicted molar refractivity (Wildman–Crippen MR) is 135 cm³/mol. The first-order chi connectivity index (χ1) is 17.1. The highest BCUT2D eigenvalue weighted by Crippen LogP contribution is 2.34. The van der Waals surface area contributed by atoms with Crippen molar-refractivity contribution >= 4 is 29.3 Å². The molecule has 35 heavy (non-hydrogen) atoms. The third kappa shape index (κ3) is 5.12. The van der Waals surface area contributed by atoms with Crippen LogP contribution in [-0.2, 0) is 16.1 Å². The summed E-state index contributed by atoms with van der Waals surface area (Å²) in [5, 5.41) is 7.65. The molecular formula is C27H23FN4O2S. The van der Waals surface area contributed by atoms with Crippen LogP contribution in [0.4, 0.5) is 10.1 Å². The van der Waals surface area contributed by atoms with Crippen molar-refractivity contribution < 1.29 is 14.0 Å². The van der Waals surface area contributed by atoms with Crippen molar-refractivity contribution in [3.8, 4) is 16.9 Å². The summed E-state index contributed by atoms with van der Waals surface area (Å²) in [6.07, 6.45) is 2.05. The van der Waals surface area contributed by atoms with Crippen LogP contribution in [0, 0.1) is 5.82 Å². The van der Waals surface area contributed by atoms with Crippen molar-refractivity contribution in [1.29, 1.82) is 0 Å². The maximum atomic E-state index is 13.5. The Hall–Kier alpha value is -3.91. The molecule has 8 heteroatoms. The lowest BCUT2D eigenvalue weighted by atomic mass is 10.1. The van der Waals surface area contributed by atoms with Gasteiger partial charge in [0.15, 0.2) is 0 Å². The van der Waals surface area contributed by atoms with Crippen LogP contribution in [0.3, 0.4) is 0 Å². The van der Waals surface area contributed by atoms with Gasteiger partial charge in [-0.1, -0.05) is 30.3 Å². The van der Waals surface area contributed by atoms with E-state index in [1.807, 2.05) is 60.8 Å². The van der Waals surface area contributed by atoms with Gasteiger partial charge in [-0.05, 0) is 48.5 Å². The highest BCUT2D eigenvalue weighted by atomic mass is 32.2. The third-order valence-electron chi connectivity index (χ3n) is 5.78. The predicted octanol–water partition coefficient (Wildman–Crippen LogP) is 4.82. The van der Waals surface area contributed by atoms with Gasteiger partial charge in [0, 0.05) is 41.7 Å². The highest BCUT2D eigenvalue weighted by molar-refractivity contribution is 8.00. The number of amides is 2.